The molecule has 1 aromatic heterocycles. The van der Waals surface area contributed by atoms with Gasteiger partial charge in [0.2, 0.25) is 15.7 Å². The molecule has 1 amide bonds. The van der Waals surface area contributed by atoms with Gasteiger partial charge in [0, 0.05) is 18.2 Å². The van der Waals surface area contributed by atoms with Crippen LogP contribution in [-0.4, -0.2) is 31.3 Å². The molecule has 0 unspecified atom stereocenters. The van der Waals surface area contributed by atoms with E-state index in [0.717, 1.165) is 47.4 Å². The van der Waals surface area contributed by atoms with Crippen molar-refractivity contribution in [2.75, 3.05) is 12.4 Å². The minimum absolute atomic E-state index is 0.0919. The maximum absolute atomic E-state index is 12.6. The molecular formula is C19H15N3O6S2. The number of non-ortho nitro benzene ring substituents is 1. The number of ether oxygens (including phenoxy) is 1. The molecule has 0 fully saturated rings. The molecule has 0 radical (unpaired) electrons. The number of aromatic nitrogens is 1. The predicted octanol–water partition coefficient (Wildman–Crippen LogP) is 3.54. The number of thiazole rings is 1. The molecule has 2 aromatic carbocycles. The van der Waals surface area contributed by atoms with Gasteiger partial charge < -0.3 is 4.74 Å². The number of carbonyl (C=O) groups is 1. The summed E-state index contributed by atoms with van der Waals surface area (Å²) in [5.41, 5.74) is 0.571. The Kier molecular flexibility index (Phi) is 6.23. The number of anilines is 1. The first kappa shape index (κ1) is 21.1. The smallest absolute Gasteiger partial charge is 0.269 e. The normalized spacial score (nSPS) is 11.4. The minimum Gasteiger partial charge on any atom is -0.497 e. The number of sulfone groups is 1. The summed E-state index contributed by atoms with van der Waals surface area (Å²) in [5, 5.41) is 13.3. The summed E-state index contributed by atoms with van der Waals surface area (Å²) in [6.07, 6.45) is 4.02. The number of nitro benzene ring substituents is 1. The van der Waals surface area contributed by atoms with E-state index < -0.39 is 20.7 Å². The summed E-state index contributed by atoms with van der Waals surface area (Å²) in [4.78, 5) is 26.0. The maximum atomic E-state index is 12.6. The number of hydrogen-bond acceptors (Lipinski definition) is 8. The van der Waals surface area contributed by atoms with Gasteiger partial charge in [0.25, 0.3) is 5.69 Å². The third-order valence-electron chi connectivity index (χ3n) is 3.88. The van der Waals surface area contributed by atoms with Gasteiger partial charge in [0.15, 0.2) is 5.13 Å². The number of carbonyl (C=O) groups excluding carboxylic acids is 1. The molecule has 0 aliphatic carbocycles. The van der Waals surface area contributed by atoms with Gasteiger partial charge >= 0.3 is 0 Å². The lowest BCUT2D eigenvalue weighted by molar-refractivity contribution is -0.384. The largest absolute Gasteiger partial charge is 0.497 e. The van der Waals surface area contributed by atoms with Gasteiger partial charge in [-0.1, -0.05) is 23.5 Å². The Balaban J connectivity index is 1.69. The highest BCUT2D eigenvalue weighted by atomic mass is 32.2. The average molecular weight is 445 g/mol. The van der Waals surface area contributed by atoms with E-state index in [1.165, 1.54) is 6.08 Å². The quantitative estimate of drug-likeness (QED) is 0.334. The second-order valence-corrected chi connectivity index (χ2v) is 9.04. The van der Waals surface area contributed by atoms with Crippen molar-refractivity contribution in [3.63, 3.8) is 0 Å². The van der Waals surface area contributed by atoms with E-state index in [1.807, 2.05) is 0 Å². The van der Waals surface area contributed by atoms with Crippen molar-refractivity contribution in [1.82, 2.24) is 4.98 Å². The van der Waals surface area contributed by atoms with Crippen LogP contribution in [0.15, 0.2) is 69.9 Å². The van der Waals surface area contributed by atoms with Crippen LogP contribution in [0.2, 0.25) is 0 Å². The molecule has 3 aromatic rings. The van der Waals surface area contributed by atoms with Crippen LogP contribution in [0.25, 0.3) is 6.08 Å². The van der Waals surface area contributed by atoms with Gasteiger partial charge in [-0.25, -0.2) is 13.4 Å². The number of nitrogens with one attached hydrogen (secondary N) is 1. The molecule has 30 heavy (non-hydrogen) atoms. The van der Waals surface area contributed by atoms with Crippen molar-refractivity contribution < 1.29 is 22.9 Å². The molecule has 1 heterocycles. The lowest BCUT2D eigenvalue weighted by atomic mass is 10.2. The summed E-state index contributed by atoms with van der Waals surface area (Å²) in [6.45, 7) is 0. The van der Waals surface area contributed by atoms with Crippen LogP contribution in [0.3, 0.4) is 0 Å². The van der Waals surface area contributed by atoms with Crippen molar-refractivity contribution in [2.24, 2.45) is 0 Å². The zero-order valence-corrected chi connectivity index (χ0v) is 17.1. The summed E-state index contributed by atoms with van der Waals surface area (Å²) >= 11 is 0.785. The van der Waals surface area contributed by atoms with Crippen LogP contribution >= 0.6 is 11.3 Å². The number of rotatable bonds is 7. The van der Waals surface area contributed by atoms with Crippen molar-refractivity contribution >= 4 is 44.0 Å². The summed E-state index contributed by atoms with van der Waals surface area (Å²) < 4.78 is 30.3. The summed E-state index contributed by atoms with van der Waals surface area (Å²) in [6, 6.07) is 11.6. The van der Waals surface area contributed by atoms with Crippen LogP contribution in [0, 0.1) is 10.1 Å². The van der Waals surface area contributed by atoms with E-state index in [9.17, 15) is 23.3 Å². The number of nitro groups is 1. The second-order valence-electron chi connectivity index (χ2n) is 5.83. The number of benzene rings is 2. The van der Waals surface area contributed by atoms with Crippen LogP contribution in [0.1, 0.15) is 5.56 Å². The molecule has 9 nitrogen and oxygen atoms in total. The second kappa shape index (κ2) is 8.84. The highest BCUT2D eigenvalue weighted by Crippen LogP contribution is 2.29. The number of amides is 1. The van der Waals surface area contributed by atoms with Gasteiger partial charge in [0.05, 0.1) is 23.1 Å². The van der Waals surface area contributed by atoms with Crippen LogP contribution < -0.4 is 10.1 Å². The van der Waals surface area contributed by atoms with E-state index in [2.05, 4.69) is 10.3 Å². The Labute approximate surface area is 175 Å². The molecular weight excluding hydrogens is 430 g/mol. The molecule has 3 rings (SSSR count). The molecule has 0 saturated carbocycles. The molecule has 154 valence electrons. The fourth-order valence-electron chi connectivity index (χ4n) is 2.34. The lowest BCUT2D eigenvalue weighted by Gasteiger charge is -2.01. The van der Waals surface area contributed by atoms with Gasteiger partial charge in [-0.15, -0.1) is 0 Å². The molecule has 0 bridgehead atoms. The lowest BCUT2D eigenvalue weighted by Crippen LogP contribution is -2.07. The number of hydrogen-bond donors (Lipinski definition) is 1. The fraction of sp³-hybridized carbons (Fsp3) is 0.0526. The van der Waals surface area contributed by atoms with Crippen molar-refractivity contribution in [3.8, 4) is 5.75 Å². The average Bonchev–Trinajstić information content (AvgIpc) is 3.22. The van der Waals surface area contributed by atoms with Crippen LogP contribution in [0.5, 0.6) is 5.75 Å². The molecule has 0 saturated heterocycles. The molecule has 0 spiro atoms. The highest BCUT2D eigenvalue weighted by molar-refractivity contribution is 7.93. The van der Waals surface area contributed by atoms with Crippen LogP contribution in [-0.2, 0) is 14.6 Å². The van der Waals surface area contributed by atoms with Gasteiger partial charge in [-0.3, -0.25) is 20.2 Å². The standard InChI is InChI=1S/C19H15N3O6S2/c1-28-15-7-2-13(3-8-15)4-11-17(23)21-19-20-12-18(29-19)30(26,27)16-9-5-14(6-10-16)22(24)25/h2-12H,1H3,(H,20,21,23)/b11-4+. The fourth-order valence-corrected chi connectivity index (χ4v) is 4.77. The molecule has 0 aliphatic heterocycles. The zero-order chi connectivity index (χ0) is 21.7. The van der Waals surface area contributed by atoms with E-state index in [4.69, 9.17) is 4.74 Å². The predicted molar refractivity (Wildman–Crippen MR) is 111 cm³/mol. The highest BCUT2D eigenvalue weighted by Gasteiger charge is 2.22. The van der Waals surface area contributed by atoms with Crippen molar-refractivity contribution in [1.29, 1.82) is 0 Å². The maximum Gasteiger partial charge on any atom is 0.269 e. The third kappa shape index (κ3) is 4.88. The first-order valence-electron chi connectivity index (χ1n) is 8.38. The summed E-state index contributed by atoms with van der Waals surface area (Å²) in [5.74, 6) is 0.223. The Morgan fingerprint density at radius 2 is 1.83 bits per heavy atom. The number of methoxy groups -OCH3 is 1. The van der Waals surface area contributed by atoms with Crippen LogP contribution in [0.4, 0.5) is 10.8 Å². The van der Waals surface area contributed by atoms with Crippen molar-refractivity contribution in [3.05, 3.63) is 76.5 Å². The van der Waals surface area contributed by atoms with Gasteiger partial charge in [-0.2, -0.15) is 0 Å². The van der Waals surface area contributed by atoms with E-state index in [1.54, 1.807) is 37.5 Å². The number of nitrogens with zero attached hydrogens (tertiary/aromatic N) is 2. The van der Waals surface area contributed by atoms with Gasteiger partial charge in [0.1, 0.15) is 9.96 Å². The van der Waals surface area contributed by atoms with Gasteiger partial charge in [-0.05, 0) is 35.9 Å². The monoisotopic (exact) mass is 445 g/mol. The third-order valence-corrected chi connectivity index (χ3v) is 7.02. The molecule has 0 atom stereocenters. The molecule has 11 heteroatoms. The van der Waals surface area contributed by atoms with E-state index in [-0.39, 0.29) is 19.9 Å². The summed E-state index contributed by atoms with van der Waals surface area (Å²) in [7, 11) is -2.35. The first-order valence-corrected chi connectivity index (χ1v) is 10.7. The Bertz CT molecular complexity index is 1200. The molecule has 1 N–H and O–H groups in total. The Morgan fingerprint density at radius 3 is 2.43 bits per heavy atom. The van der Waals surface area contributed by atoms with Crippen molar-refractivity contribution in [2.45, 2.75) is 9.10 Å². The Hall–Kier alpha value is -3.57. The minimum atomic E-state index is -3.91. The van der Waals surface area contributed by atoms with E-state index in [0.29, 0.717) is 5.75 Å². The first-order chi connectivity index (χ1) is 14.3. The zero-order valence-electron chi connectivity index (χ0n) is 15.5. The molecule has 0 aliphatic rings. The SMILES string of the molecule is COc1ccc(/C=C/C(=O)Nc2ncc(S(=O)(=O)c3ccc([N+](=O)[O-])cc3)s2)cc1. The topological polar surface area (TPSA) is 128 Å². The Morgan fingerprint density at radius 1 is 1.17 bits per heavy atom. The van der Waals surface area contributed by atoms with E-state index >= 15 is 0 Å².